The molecule has 0 radical (unpaired) electrons. The Kier molecular flexibility index (Phi) is 9.54. The Hall–Kier alpha value is -3.31. The predicted octanol–water partition coefficient (Wildman–Crippen LogP) is 6.98. The first-order chi connectivity index (χ1) is 17.3. The first kappa shape index (κ1) is 27.3. The van der Waals surface area contributed by atoms with Crippen LogP contribution in [0.1, 0.15) is 61.0 Å². The van der Waals surface area contributed by atoms with Crippen LogP contribution < -0.4 is 10.2 Å². The van der Waals surface area contributed by atoms with Crippen LogP contribution >= 0.6 is 11.6 Å². The normalized spacial score (nSPS) is 12.5. The van der Waals surface area contributed by atoms with Crippen LogP contribution in [0, 0.1) is 0 Å². The molecular formula is C30H36ClN3O2. The monoisotopic (exact) mass is 505 g/mol. The molecule has 0 saturated carbocycles. The van der Waals surface area contributed by atoms with E-state index in [1.54, 1.807) is 24.3 Å². The first-order valence-corrected chi connectivity index (χ1v) is 12.9. The number of rotatable bonds is 10. The van der Waals surface area contributed by atoms with Crippen molar-refractivity contribution in [3.63, 3.8) is 0 Å². The topological polar surface area (TPSA) is 52.7 Å². The van der Waals surface area contributed by atoms with Gasteiger partial charge in [0.25, 0.3) is 5.91 Å². The molecule has 36 heavy (non-hydrogen) atoms. The van der Waals surface area contributed by atoms with E-state index in [9.17, 15) is 9.59 Å². The number of carbonyl (C=O) groups excluding carboxylic acids is 2. The maximum Gasteiger partial charge on any atom is 0.257 e. The average molecular weight is 506 g/mol. The SMILES string of the molecule is CC[C@@H](C(=O)N(Cc1cc(NC(=O)c2ccccc2Cl)ccc1N(C)C)[C@@H](C)CC)c1ccccc1. The molecule has 2 atom stereocenters. The second kappa shape index (κ2) is 12.6. The number of carbonyl (C=O) groups is 2. The third-order valence-corrected chi connectivity index (χ3v) is 6.92. The molecule has 0 aromatic heterocycles. The van der Waals surface area contributed by atoms with Crippen molar-refractivity contribution in [2.45, 2.75) is 52.1 Å². The number of anilines is 2. The molecule has 1 N–H and O–H groups in total. The quantitative estimate of drug-likeness (QED) is 0.323. The van der Waals surface area contributed by atoms with Gasteiger partial charge in [0.2, 0.25) is 5.91 Å². The Morgan fingerprint density at radius 1 is 0.917 bits per heavy atom. The number of nitrogens with one attached hydrogen (secondary N) is 1. The van der Waals surface area contributed by atoms with Gasteiger partial charge >= 0.3 is 0 Å². The third-order valence-electron chi connectivity index (χ3n) is 6.59. The molecule has 5 nitrogen and oxygen atoms in total. The van der Waals surface area contributed by atoms with Crippen LogP contribution in [0.15, 0.2) is 72.8 Å². The van der Waals surface area contributed by atoms with E-state index in [1.165, 1.54) is 0 Å². The fourth-order valence-corrected chi connectivity index (χ4v) is 4.58. The van der Waals surface area contributed by atoms with Gasteiger partial charge in [-0.3, -0.25) is 9.59 Å². The van der Waals surface area contributed by atoms with Crippen molar-refractivity contribution < 1.29 is 9.59 Å². The molecule has 3 aromatic rings. The van der Waals surface area contributed by atoms with Crippen LogP contribution in [-0.4, -0.2) is 36.9 Å². The lowest BCUT2D eigenvalue weighted by atomic mass is 9.94. The second-order valence-corrected chi connectivity index (χ2v) is 9.67. The van der Waals surface area contributed by atoms with E-state index in [4.69, 9.17) is 11.6 Å². The van der Waals surface area contributed by atoms with Crippen LogP contribution in [0.25, 0.3) is 0 Å². The van der Waals surface area contributed by atoms with Crippen molar-refractivity contribution in [2.24, 2.45) is 0 Å². The molecule has 0 spiro atoms. The van der Waals surface area contributed by atoms with Crippen molar-refractivity contribution >= 4 is 34.8 Å². The van der Waals surface area contributed by atoms with E-state index in [0.717, 1.165) is 29.7 Å². The van der Waals surface area contributed by atoms with Crippen LogP contribution in [0.5, 0.6) is 0 Å². The molecule has 0 unspecified atom stereocenters. The number of amides is 2. The molecular weight excluding hydrogens is 470 g/mol. The summed E-state index contributed by atoms with van der Waals surface area (Å²) in [5.74, 6) is -0.353. The van der Waals surface area contributed by atoms with Gasteiger partial charge in [-0.15, -0.1) is 0 Å². The van der Waals surface area contributed by atoms with Crippen molar-refractivity contribution in [2.75, 3.05) is 24.3 Å². The molecule has 0 aliphatic heterocycles. The van der Waals surface area contributed by atoms with Crippen molar-refractivity contribution in [3.05, 3.63) is 94.5 Å². The van der Waals surface area contributed by atoms with Crippen LogP contribution in [-0.2, 0) is 11.3 Å². The lowest BCUT2D eigenvalue weighted by Gasteiger charge is -2.33. The molecule has 6 heteroatoms. The summed E-state index contributed by atoms with van der Waals surface area (Å²) in [5.41, 5.74) is 4.08. The zero-order valence-corrected chi connectivity index (χ0v) is 22.5. The fourth-order valence-electron chi connectivity index (χ4n) is 4.36. The Morgan fingerprint density at radius 2 is 1.58 bits per heavy atom. The smallest absolute Gasteiger partial charge is 0.257 e. The zero-order chi connectivity index (χ0) is 26.2. The van der Waals surface area contributed by atoms with E-state index < -0.39 is 0 Å². The number of nitrogens with zero attached hydrogens (tertiary/aromatic N) is 2. The van der Waals surface area contributed by atoms with E-state index in [2.05, 4.69) is 26.1 Å². The molecule has 0 heterocycles. The van der Waals surface area contributed by atoms with Crippen molar-refractivity contribution in [1.82, 2.24) is 4.90 Å². The summed E-state index contributed by atoms with van der Waals surface area (Å²) in [6.45, 7) is 6.69. The van der Waals surface area contributed by atoms with Crippen LogP contribution in [0.4, 0.5) is 11.4 Å². The Labute approximate surface area is 220 Å². The minimum Gasteiger partial charge on any atom is -0.377 e. The summed E-state index contributed by atoms with van der Waals surface area (Å²) in [4.78, 5) is 30.7. The van der Waals surface area contributed by atoms with Gasteiger partial charge in [0.15, 0.2) is 0 Å². The van der Waals surface area contributed by atoms with E-state index >= 15 is 0 Å². The van der Waals surface area contributed by atoms with E-state index in [1.807, 2.05) is 72.4 Å². The fraction of sp³-hybridized carbons (Fsp3) is 0.333. The molecule has 3 rings (SSSR count). The summed E-state index contributed by atoms with van der Waals surface area (Å²) in [7, 11) is 3.96. The van der Waals surface area contributed by atoms with E-state index in [-0.39, 0.29) is 23.8 Å². The number of halogens is 1. The molecule has 190 valence electrons. The molecule has 2 amide bonds. The standard InChI is InChI=1S/C30H36ClN3O2/c1-6-21(3)34(30(36)25(7-2)22-13-9-8-10-14-22)20-23-19-24(17-18-28(23)33(4)5)32-29(35)26-15-11-12-16-27(26)31/h8-19,21,25H,6-7,20H2,1-5H3,(H,32,35)/t21-,25+/m0/s1. The van der Waals surface area contributed by atoms with Crippen molar-refractivity contribution in [1.29, 1.82) is 0 Å². The molecule has 0 fully saturated rings. The molecule has 0 aliphatic rings. The minimum absolute atomic E-state index is 0.0617. The second-order valence-electron chi connectivity index (χ2n) is 9.27. The van der Waals surface area contributed by atoms with Crippen LogP contribution in [0.3, 0.4) is 0 Å². The maximum absolute atomic E-state index is 13.9. The molecule has 0 aliphatic carbocycles. The molecule has 3 aromatic carbocycles. The number of benzene rings is 3. The largest absolute Gasteiger partial charge is 0.377 e. The van der Waals surface area contributed by atoms with Gasteiger partial charge in [0, 0.05) is 38.1 Å². The maximum atomic E-state index is 13.9. The van der Waals surface area contributed by atoms with Gasteiger partial charge in [-0.1, -0.05) is 67.9 Å². The predicted molar refractivity (Wildman–Crippen MR) is 150 cm³/mol. The minimum atomic E-state index is -0.269. The summed E-state index contributed by atoms with van der Waals surface area (Å²) < 4.78 is 0. The van der Waals surface area contributed by atoms with Gasteiger partial charge < -0.3 is 15.1 Å². The highest BCUT2D eigenvalue weighted by Crippen LogP contribution is 2.29. The van der Waals surface area contributed by atoms with Gasteiger partial charge in [-0.2, -0.15) is 0 Å². The summed E-state index contributed by atoms with van der Waals surface area (Å²) in [6.07, 6.45) is 1.57. The van der Waals surface area contributed by atoms with Gasteiger partial charge in [0.05, 0.1) is 16.5 Å². The van der Waals surface area contributed by atoms with Gasteiger partial charge in [-0.05, 0) is 61.2 Å². The summed E-state index contributed by atoms with van der Waals surface area (Å²) in [6, 6.07) is 22.8. The van der Waals surface area contributed by atoms with Gasteiger partial charge in [0.1, 0.15) is 0 Å². The summed E-state index contributed by atoms with van der Waals surface area (Å²) in [5, 5.41) is 3.37. The Bertz CT molecular complexity index is 1180. The highest BCUT2D eigenvalue weighted by Gasteiger charge is 2.28. The number of hydrogen-bond acceptors (Lipinski definition) is 3. The Morgan fingerprint density at radius 3 is 2.19 bits per heavy atom. The third kappa shape index (κ3) is 6.46. The highest BCUT2D eigenvalue weighted by molar-refractivity contribution is 6.34. The first-order valence-electron chi connectivity index (χ1n) is 12.5. The zero-order valence-electron chi connectivity index (χ0n) is 21.8. The molecule has 0 saturated heterocycles. The lowest BCUT2D eigenvalue weighted by Crippen LogP contribution is -2.41. The van der Waals surface area contributed by atoms with Crippen LogP contribution in [0.2, 0.25) is 5.02 Å². The number of hydrogen-bond donors (Lipinski definition) is 1. The lowest BCUT2D eigenvalue weighted by molar-refractivity contribution is -0.135. The average Bonchev–Trinajstić information content (AvgIpc) is 2.88. The highest BCUT2D eigenvalue weighted by atomic mass is 35.5. The Balaban J connectivity index is 1.94. The van der Waals surface area contributed by atoms with Gasteiger partial charge in [-0.25, -0.2) is 0 Å². The van der Waals surface area contributed by atoms with Crippen molar-refractivity contribution in [3.8, 4) is 0 Å². The molecule has 0 bridgehead atoms. The van der Waals surface area contributed by atoms with E-state index in [0.29, 0.717) is 22.8 Å². The summed E-state index contributed by atoms with van der Waals surface area (Å²) >= 11 is 6.22.